The number of nitrogens with one attached hydrogen (secondary N) is 2. The third-order valence-corrected chi connectivity index (χ3v) is 6.34. The van der Waals surface area contributed by atoms with Crippen molar-refractivity contribution >= 4 is 46.1 Å². The Morgan fingerprint density at radius 3 is 2.56 bits per heavy atom. The molecule has 0 aliphatic rings. The molecule has 0 fully saturated rings. The third-order valence-electron chi connectivity index (χ3n) is 4.99. The van der Waals surface area contributed by atoms with E-state index in [2.05, 4.69) is 15.8 Å². The van der Waals surface area contributed by atoms with E-state index in [1.165, 1.54) is 22.8 Å². The number of carbonyl (C=O) groups excluding carboxylic acids is 2. The van der Waals surface area contributed by atoms with Crippen molar-refractivity contribution in [1.29, 1.82) is 0 Å². The van der Waals surface area contributed by atoms with E-state index in [9.17, 15) is 18.8 Å². The summed E-state index contributed by atoms with van der Waals surface area (Å²) in [6, 6.07) is 17.5. The van der Waals surface area contributed by atoms with Crippen molar-refractivity contribution in [2.75, 3.05) is 5.75 Å². The van der Waals surface area contributed by atoms with Crippen LogP contribution in [-0.2, 0) is 4.79 Å². The van der Waals surface area contributed by atoms with Gasteiger partial charge in [0.05, 0.1) is 27.9 Å². The molecule has 2 amide bonds. The second kappa shape index (κ2) is 10.1. The van der Waals surface area contributed by atoms with Crippen molar-refractivity contribution in [2.45, 2.75) is 12.1 Å². The van der Waals surface area contributed by atoms with Crippen LogP contribution in [0.3, 0.4) is 0 Å². The molecule has 2 N–H and O–H groups in total. The molecule has 0 radical (unpaired) electrons. The normalized spacial score (nSPS) is 10.8. The summed E-state index contributed by atoms with van der Waals surface area (Å²) < 4.78 is 15.2. The van der Waals surface area contributed by atoms with Crippen molar-refractivity contribution in [3.63, 3.8) is 0 Å². The quantitative estimate of drug-likeness (QED) is 0.247. The summed E-state index contributed by atoms with van der Waals surface area (Å²) in [6.07, 6.45) is 0. The van der Waals surface area contributed by atoms with Gasteiger partial charge in [0.2, 0.25) is 5.91 Å². The Bertz CT molecular complexity index is 1470. The summed E-state index contributed by atoms with van der Waals surface area (Å²) in [7, 11) is 0. The Morgan fingerprint density at radius 1 is 1.03 bits per heavy atom. The van der Waals surface area contributed by atoms with E-state index in [-0.39, 0.29) is 22.0 Å². The largest absolute Gasteiger partial charge is 0.272 e. The van der Waals surface area contributed by atoms with Crippen molar-refractivity contribution in [2.24, 2.45) is 0 Å². The minimum atomic E-state index is -0.785. The first-order chi connectivity index (χ1) is 16.4. The molecule has 10 heteroatoms. The minimum absolute atomic E-state index is 0.165. The van der Waals surface area contributed by atoms with Gasteiger partial charge in [0.1, 0.15) is 5.82 Å². The zero-order valence-electron chi connectivity index (χ0n) is 17.8. The fraction of sp³-hybridized carbons (Fsp3) is 0.0833. The number of hydrogen-bond donors (Lipinski definition) is 2. The van der Waals surface area contributed by atoms with Crippen molar-refractivity contribution in [1.82, 2.24) is 20.4 Å². The maximum absolute atomic E-state index is 13.7. The second-order valence-electron chi connectivity index (χ2n) is 7.21. The highest BCUT2D eigenvalue weighted by atomic mass is 35.5. The van der Waals surface area contributed by atoms with Crippen molar-refractivity contribution in [3.05, 3.63) is 99.1 Å². The lowest BCUT2D eigenvalue weighted by molar-refractivity contribution is -0.119. The van der Waals surface area contributed by atoms with E-state index in [1.807, 2.05) is 0 Å². The van der Waals surface area contributed by atoms with E-state index in [1.54, 1.807) is 49.4 Å². The summed E-state index contributed by atoms with van der Waals surface area (Å²) in [5.41, 5.74) is 5.65. The standard InChI is InChI=1S/C24H18ClFN4O3S/c1-14-17(25)9-6-12-20(14)30-23(33)16-8-3-5-11-19(16)27-24(30)34-13-21(31)28-29-22(32)15-7-2-4-10-18(15)26/h2-12H,13H2,1H3,(H,28,31)(H,29,32). The minimum Gasteiger partial charge on any atom is -0.272 e. The summed E-state index contributed by atoms with van der Waals surface area (Å²) in [5.74, 6) is -2.22. The monoisotopic (exact) mass is 496 g/mol. The molecule has 4 rings (SSSR count). The first-order valence-corrected chi connectivity index (χ1v) is 11.5. The molecule has 34 heavy (non-hydrogen) atoms. The van der Waals surface area contributed by atoms with Crippen LogP contribution in [0.25, 0.3) is 16.6 Å². The first-order valence-electron chi connectivity index (χ1n) is 10.1. The van der Waals surface area contributed by atoms with E-state index in [0.29, 0.717) is 27.2 Å². The van der Waals surface area contributed by atoms with Gasteiger partial charge in [0.15, 0.2) is 5.16 Å². The highest BCUT2D eigenvalue weighted by Gasteiger charge is 2.17. The van der Waals surface area contributed by atoms with Crippen molar-refractivity contribution < 1.29 is 14.0 Å². The molecule has 0 saturated heterocycles. The average molecular weight is 497 g/mol. The molecular weight excluding hydrogens is 479 g/mol. The molecule has 3 aromatic carbocycles. The number of thioether (sulfide) groups is 1. The highest BCUT2D eigenvalue weighted by Crippen LogP contribution is 2.26. The van der Waals surface area contributed by atoms with E-state index in [0.717, 1.165) is 17.8 Å². The zero-order valence-corrected chi connectivity index (χ0v) is 19.4. The SMILES string of the molecule is Cc1c(Cl)cccc1-n1c(SCC(=O)NNC(=O)c2ccccc2F)nc2ccccc2c1=O. The van der Waals surface area contributed by atoms with Gasteiger partial charge < -0.3 is 0 Å². The number of carbonyl (C=O) groups is 2. The van der Waals surface area contributed by atoms with Gasteiger partial charge in [0, 0.05) is 5.02 Å². The van der Waals surface area contributed by atoms with E-state index < -0.39 is 17.6 Å². The molecule has 0 aliphatic heterocycles. The lowest BCUT2D eigenvalue weighted by Gasteiger charge is -2.16. The fourth-order valence-electron chi connectivity index (χ4n) is 3.27. The van der Waals surface area contributed by atoms with Crippen LogP contribution in [0, 0.1) is 12.7 Å². The number of rotatable bonds is 5. The Labute approximate surface area is 202 Å². The second-order valence-corrected chi connectivity index (χ2v) is 8.56. The number of nitrogens with zero attached hydrogens (tertiary/aromatic N) is 2. The van der Waals surface area contributed by atoms with Crippen LogP contribution in [0.2, 0.25) is 5.02 Å². The van der Waals surface area contributed by atoms with E-state index >= 15 is 0 Å². The maximum atomic E-state index is 13.7. The van der Waals surface area contributed by atoms with Gasteiger partial charge in [-0.2, -0.15) is 0 Å². The Kier molecular flexibility index (Phi) is 6.95. The Hall–Kier alpha value is -3.69. The van der Waals surface area contributed by atoms with Crippen molar-refractivity contribution in [3.8, 4) is 5.69 Å². The summed E-state index contributed by atoms with van der Waals surface area (Å²) in [6.45, 7) is 1.79. The fourth-order valence-corrected chi connectivity index (χ4v) is 4.24. The van der Waals surface area contributed by atoms with Crippen LogP contribution in [-0.4, -0.2) is 27.1 Å². The molecule has 4 aromatic rings. The van der Waals surface area contributed by atoms with Gasteiger partial charge in [-0.1, -0.05) is 53.7 Å². The van der Waals surface area contributed by atoms with Gasteiger partial charge in [-0.15, -0.1) is 0 Å². The molecule has 0 atom stereocenters. The molecule has 0 aliphatic carbocycles. The molecule has 0 unspecified atom stereocenters. The number of hydrazine groups is 1. The van der Waals surface area contributed by atoms with E-state index in [4.69, 9.17) is 11.6 Å². The molecule has 1 heterocycles. The first kappa shape index (κ1) is 23.5. The van der Waals surface area contributed by atoms with Crippen LogP contribution < -0.4 is 16.4 Å². The van der Waals surface area contributed by atoms with Gasteiger partial charge in [-0.05, 0) is 48.9 Å². The lowest BCUT2D eigenvalue weighted by Crippen LogP contribution is -2.42. The molecule has 172 valence electrons. The molecule has 0 saturated carbocycles. The summed E-state index contributed by atoms with van der Waals surface area (Å²) >= 11 is 7.29. The zero-order chi connectivity index (χ0) is 24.2. The molecule has 0 spiro atoms. The molecular formula is C24H18ClFN4O3S. The number of benzene rings is 3. The van der Waals surface area contributed by atoms with Crippen LogP contribution in [0.5, 0.6) is 0 Å². The number of fused-ring (bicyclic) bond motifs is 1. The number of amides is 2. The van der Waals surface area contributed by atoms with Gasteiger partial charge in [0.25, 0.3) is 11.5 Å². The van der Waals surface area contributed by atoms with Gasteiger partial charge in [-0.3, -0.25) is 29.8 Å². The Morgan fingerprint density at radius 2 is 1.76 bits per heavy atom. The molecule has 7 nitrogen and oxygen atoms in total. The highest BCUT2D eigenvalue weighted by molar-refractivity contribution is 7.99. The van der Waals surface area contributed by atoms with Crippen LogP contribution >= 0.6 is 23.4 Å². The topological polar surface area (TPSA) is 93.1 Å². The number of aromatic nitrogens is 2. The van der Waals surface area contributed by atoms with Gasteiger partial charge in [-0.25, -0.2) is 9.37 Å². The number of halogens is 2. The third kappa shape index (κ3) is 4.80. The van der Waals surface area contributed by atoms with Gasteiger partial charge >= 0.3 is 0 Å². The summed E-state index contributed by atoms with van der Waals surface area (Å²) in [5, 5.41) is 1.19. The van der Waals surface area contributed by atoms with Crippen LogP contribution in [0.1, 0.15) is 15.9 Å². The molecule has 1 aromatic heterocycles. The number of para-hydroxylation sites is 1. The smallest absolute Gasteiger partial charge is 0.272 e. The lowest BCUT2D eigenvalue weighted by atomic mass is 10.2. The summed E-state index contributed by atoms with van der Waals surface area (Å²) in [4.78, 5) is 42.4. The average Bonchev–Trinajstić information content (AvgIpc) is 2.84. The van der Waals surface area contributed by atoms with Crippen LogP contribution in [0.15, 0.2) is 76.7 Å². The Balaban J connectivity index is 1.58. The number of hydrogen-bond acceptors (Lipinski definition) is 5. The molecule has 0 bridgehead atoms. The van der Waals surface area contributed by atoms with Crippen LogP contribution in [0.4, 0.5) is 4.39 Å². The predicted molar refractivity (Wildman–Crippen MR) is 130 cm³/mol. The maximum Gasteiger partial charge on any atom is 0.272 e. The predicted octanol–water partition coefficient (Wildman–Crippen LogP) is 4.04.